The number of aliphatic hydroxyl groups is 1. The molecule has 0 aliphatic heterocycles. The first-order valence-corrected chi connectivity index (χ1v) is 17.4. The first kappa shape index (κ1) is 30.9. The van der Waals surface area contributed by atoms with Gasteiger partial charge in [-0.05, 0) is 122 Å². The van der Waals surface area contributed by atoms with Crippen LogP contribution in [0, 0.1) is 6.92 Å². The Balaban J connectivity index is 1.09. The fraction of sp³-hybridized carbons (Fsp3) is 0.0833. The SMILES string of the molecule is COc1ccc(C(O)c2ccc(Oc3ccc4cc(C5(c6ccc7cc(C)ccc7c6)c6ccccc6-c6ccccc65)ccc4c3)cc2)cc1. The molecule has 3 heteroatoms. The molecule has 0 fully saturated rings. The van der Waals surface area contributed by atoms with Crippen LogP contribution in [0.1, 0.15) is 45.0 Å². The van der Waals surface area contributed by atoms with E-state index in [1.54, 1.807) is 7.11 Å². The summed E-state index contributed by atoms with van der Waals surface area (Å²) < 4.78 is 11.6. The van der Waals surface area contributed by atoms with Crippen LogP contribution in [0.25, 0.3) is 32.7 Å². The third-order valence-electron chi connectivity index (χ3n) is 10.5. The van der Waals surface area contributed by atoms with Gasteiger partial charge in [-0.3, -0.25) is 0 Å². The molecular weight excluding hydrogens is 625 g/mol. The largest absolute Gasteiger partial charge is 0.497 e. The minimum Gasteiger partial charge on any atom is -0.497 e. The smallest absolute Gasteiger partial charge is 0.128 e. The summed E-state index contributed by atoms with van der Waals surface area (Å²) in [6.45, 7) is 2.15. The molecule has 3 nitrogen and oxygen atoms in total. The van der Waals surface area contributed by atoms with Gasteiger partial charge in [-0.25, -0.2) is 0 Å². The van der Waals surface area contributed by atoms with Crippen LogP contribution in [-0.2, 0) is 5.41 Å². The molecule has 1 N–H and O–H groups in total. The van der Waals surface area contributed by atoms with Crippen molar-refractivity contribution in [2.24, 2.45) is 0 Å². The summed E-state index contributed by atoms with van der Waals surface area (Å²) in [6.07, 6.45) is -0.735. The van der Waals surface area contributed by atoms with Crippen LogP contribution < -0.4 is 9.47 Å². The molecule has 1 aliphatic rings. The van der Waals surface area contributed by atoms with Crippen LogP contribution in [0.15, 0.2) is 170 Å². The summed E-state index contributed by atoms with van der Waals surface area (Å²) in [6, 6.07) is 59.7. The number of benzene rings is 8. The molecule has 0 aromatic heterocycles. The highest BCUT2D eigenvalue weighted by molar-refractivity contribution is 5.92. The second-order valence-electron chi connectivity index (χ2n) is 13.5. The topological polar surface area (TPSA) is 38.7 Å². The maximum Gasteiger partial charge on any atom is 0.128 e. The molecule has 1 atom stereocenters. The molecule has 8 aromatic carbocycles. The minimum atomic E-state index is -0.735. The maximum atomic E-state index is 10.9. The van der Waals surface area contributed by atoms with Crippen molar-refractivity contribution in [2.75, 3.05) is 7.11 Å². The van der Waals surface area contributed by atoms with Gasteiger partial charge in [0.1, 0.15) is 23.4 Å². The van der Waals surface area contributed by atoms with Gasteiger partial charge in [-0.15, -0.1) is 0 Å². The van der Waals surface area contributed by atoms with E-state index >= 15 is 0 Å². The lowest BCUT2D eigenvalue weighted by Gasteiger charge is -2.34. The summed E-state index contributed by atoms with van der Waals surface area (Å²) in [4.78, 5) is 0. The van der Waals surface area contributed by atoms with E-state index in [-0.39, 0.29) is 0 Å². The Morgan fingerprint density at radius 2 is 0.941 bits per heavy atom. The maximum absolute atomic E-state index is 10.9. The van der Waals surface area contributed by atoms with Crippen LogP contribution in [0.2, 0.25) is 0 Å². The second-order valence-corrected chi connectivity index (χ2v) is 13.5. The van der Waals surface area contributed by atoms with Crippen molar-refractivity contribution in [3.63, 3.8) is 0 Å². The van der Waals surface area contributed by atoms with Crippen molar-refractivity contribution in [1.29, 1.82) is 0 Å². The molecule has 0 amide bonds. The Morgan fingerprint density at radius 1 is 0.471 bits per heavy atom. The van der Waals surface area contributed by atoms with E-state index in [4.69, 9.17) is 9.47 Å². The summed E-state index contributed by atoms with van der Waals surface area (Å²) in [5.41, 5.74) is 10.1. The first-order valence-electron chi connectivity index (χ1n) is 17.4. The lowest BCUT2D eigenvalue weighted by atomic mass is 9.67. The van der Waals surface area contributed by atoms with Crippen LogP contribution in [0.3, 0.4) is 0 Å². The Bertz CT molecular complexity index is 2520. The molecular formula is C48H36O3. The Labute approximate surface area is 298 Å². The van der Waals surface area contributed by atoms with Crippen molar-refractivity contribution in [3.05, 3.63) is 209 Å². The minimum absolute atomic E-state index is 0.478. The van der Waals surface area contributed by atoms with E-state index < -0.39 is 11.5 Å². The Hall–Kier alpha value is -6.16. The van der Waals surface area contributed by atoms with Crippen molar-refractivity contribution in [2.45, 2.75) is 18.4 Å². The van der Waals surface area contributed by atoms with Crippen molar-refractivity contribution in [3.8, 4) is 28.4 Å². The van der Waals surface area contributed by atoms with Gasteiger partial charge in [0.25, 0.3) is 0 Å². The number of aryl methyl sites for hydroxylation is 1. The fourth-order valence-corrected chi connectivity index (χ4v) is 7.98. The van der Waals surface area contributed by atoms with Crippen LogP contribution in [0.4, 0.5) is 0 Å². The quantitative estimate of drug-likeness (QED) is 0.185. The molecule has 51 heavy (non-hydrogen) atoms. The molecule has 0 saturated carbocycles. The highest BCUT2D eigenvalue weighted by atomic mass is 16.5. The van der Waals surface area contributed by atoms with Crippen LogP contribution >= 0.6 is 0 Å². The van der Waals surface area contributed by atoms with Crippen molar-refractivity contribution < 1.29 is 14.6 Å². The van der Waals surface area contributed by atoms with Gasteiger partial charge < -0.3 is 14.6 Å². The standard InChI is InChI=1S/C48H36O3/c1-31-11-12-35-28-38(20-13-34(35)27-31)48(45-9-5-3-7-43(45)44-8-4-6-10-46(44)48)39-21-14-37-30-42(26-19-36(37)29-39)51-41-24-17-33(18-25-41)47(49)32-15-22-40(50-2)23-16-32/h3-30,47,49H,1-2H3. The predicted octanol–water partition coefficient (Wildman–Crippen LogP) is 11.5. The number of ether oxygens (including phenoxy) is 2. The van der Waals surface area contributed by atoms with E-state index in [1.165, 1.54) is 49.7 Å². The molecule has 0 heterocycles. The molecule has 0 radical (unpaired) electrons. The average Bonchev–Trinajstić information content (AvgIpc) is 3.48. The fourth-order valence-electron chi connectivity index (χ4n) is 7.98. The average molecular weight is 661 g/mol. The second kappa shape index (κ2) is 12.3. The first-order chi connectivity index (χ1) is 25.0. The molecule has 246 valence electrons. The molecule has 8 aromatic rings. The van der Waals surface area contributed by atoms with E-state index in [0.717, 1.165) is 33.4 Å². The normalized spacial score (nSPS) is 13.5. The third kappa shape index (κ3) is 5.17. The molecule has 1 unspecified atom stereocenters. The van der Waals surface area contributed by atoms with E-state index in [9.17, 15) is 5.11 Å². The summed E-state index contributed by atoms with van der Waals surface area (Å²) in [7, 11) is 1.63. The molecule has 1 aliphatic carbocycles. The number of hydrogen-bond acceptors (Lipinski definition) is 3. The van der Waals surface area contributed by atoms with Crippen molar-refractivity contribution in [1.82, 2.24) is 0 Å². The van der Waals surface area contributed by atoms with E-state index in [0.29, 0.717) is 5.75 Å². The lowest BCUT2D eigenvalue weighted by Crippen LogP contribution is -2.28. The van der Waals surface area contributed by atoms with Gasteiger partial charge in [0.05, 0.1) is 12.5 Å². The number of hydrogen-bond donors (Lipinski definition) is 1. The van der Waals surface area contributed by atoms with Crippen LogP contribution in [-0.4, -0.2) is 12.2 Å². The molecule has 0 saturated heterocycles. The van der Waals surface area contributed by atoms with E-state index in [1.807, 2.05) is 54.6 Å². The summed E-state index contributed by atoms with van der Waals surface area (Å²) in [5.74, 6) is 2.23. The predicted molar refractivity (Wildman–Crippen MR) is 207 cm³/mol. The van der Waals surface area contributed by atoms with Crippen LogP contribution in [0.5, 0.6) is 17.2 Å². The molecule has 9 rings (SSSR count). The van der Waals surface area contributed by atoms with Gasteiger partial charge in [0.2, 0.25) is 0 Å². The van der Waals surface area contributed by atoms with Crippen molar-refractivity contribution >= 4 is 21.5 Å². The van der Waals surface area contributed by atoms with Gasteiger partial charge >= 0.3 is 0 Å². The Kier molecular flexibility index (Phi) is 7.45. The monoisotopic (exact) mass is 660 g/mol. The Morgan fingerprint density at radius 3 is 1.53 bits per heavy atom. The lowest BCUT2D eigenvalue weighted by molar-refractivity contribution is 0.220. The molecule has 0 bridgehead atoms. The van der Waals surface area contributed by atoms with E-state index in [2.05, 4.69) is 122 Å². The van der Waals surface area contributed by atoms with Gasteiger partial charge in [0.15, 0.2) is 0 Å². The highest BCUT2D eigenvalue weighted by Gasteiger charge is 2.46. The number of methoxy groups -OCH3 is 1. The highest BCUT2D eigenvalue weighted by Crippen LogP contribution is 2.56. The number of rotatable bonds is 7. The number of aliphatic hydroxyl groups excluding tert-OH is 1. The zero-order chi connectivity index (χ0) is 34.5. The van der Waals surface area contributed by atoms with Gasteiger partial charge in [-0.2, -0.15) is 0 Å². The van der Waals surface area contributed by atoms with Gasteiger partial charge in [0, 0.05) is 0 Å². The third-order valence-corrected chi connectivity index (χ3v) is 10.5. The zero-order valence-corrected chi connectivity index (χ0v) is 28.5. The summed E-state index contributed by atoms with van der Waals surface area (Å²) >= 11 is 0. The summed E-state index contributed by atoms with van der Waals surface area (Å²) in [5, 5.41) is 15.7. The zero-order valence-electron chi connectivity index (χ0n) is 28.5. The molecule has 0 spiro atoms. The number of fused-ring (bicyclic) bond motifs is 5. The van der Waals surface area contributed by atoms with Gasteiger partial charge in [-0.1, -0.05) is 127 Å².